The lowest BCUT2D eigenvalue weighted by molar-refractivity contribution is -0.384. The van der Waals surface area contributed by atoms with Gasteiger partial charge in [-0.05, 0) is 30.8 Å². The number of ether oxygens (including phenoxy) is 1. The van der Waals surface area contributed by atoms with Gasteiger partial charge in [0.2, 0.25) is 0 Å². The molecule has 0 N–H and O–H groups in total. The number of carbonyl (C=O) groups excluding carboxylic acids is 1. The van der Waals surface area contributed by atoms with E-state index in [-0.39, 0.29) is 18.1 Å². The standard InChI is InChI=1S/C19H22N2O4.ClH/c1-3-20(4-2)14-18(15-8-6-5-7-9-15)25-19(22)16-10-12-17(13-11-16)21(23)24;/h5-13,18H,3-4,14H2,1-2H3;1H. The smallest absolute Gasteiger partial charge is 0.338 e. The van der Waals surface area contributed by atoms with E-state index in [1.807, 2.05) is 30.3 Å². The molecule has 0 saturated carbocycles. The van der Waals surface area contributed by atoms with Crippen molar-refractivity contribution in [3.8, 4) is 0 Å². The maximum Gasteiger partial charge on any atom is 0.338 e. The Kier molecular flexibility index (Phi) is 8.75. The molecule has 0 amide bonds. The second-order valence-corrected chi connectivity index (χ2v) is 5.59. The van der Waals surface area contributed by atoms with Crippen molar-refractivity contribution >= 4 is 24.1 Å². The first kappa shape index (κ1) is 21.6. The number of nitro groups is 1. The van der Waals surface area contributed by atoms with Gasteiger partial charge in [-0.15, -0.1) is 12.4 Å². The Morgan fingerprint density at radius 1 is 1.08 bits per heavy atom. The van der Waals surface area contributed by atoms with Crippen molar-refractivity contribution in [3.05, 3.63) is 75.8 Å². The van der Waals surface area contributed by atoms with Crippen LogP contribution in [0.4, 0.5) is 5.69 Å². The summed E-state index contributed by atoms with van der Waals surface area (Å²) in [5.74, 6) is -0.490. The Morgan fingerprint density at radius 3 is 2.15 bits per heavy atom. The number of non-ortho nitro benzene ring substituents is 1. The van der Waals surface area contributed by atoms with Gasteiger partial charge in [-0.25, -0.2) is 4.79 Å². The fourth-order valence-electron chi connectivity index (χ4n) is 2.51. The monoisotopic (exact) mass is 378 g/mol. The van der Waals surface area contributed by atoms with Crippen LogP contribution in [0.3, 0.4) is 0 Å². The van der Waals surface area contributed by atoms with Gasteiger partial charge in [0.15, 0.2) is 0 Å². The summed E-state index contributed by atoms with van der Waals surface area (Å²) >= 11 is 0. The lowest BCUT2D eigenvalue weighted by atomic mass is 10.1. The number of nitrogens with zero attached hydrogens (tertiary/aromatic N) is 2. The van der Waals surface area contributed by atoms with Crippen LogP contribution in [0, 0.1) is 10.1 Å². The number of hydrogen-bond donors (Lipinski definition) is 0. The predicted octanol–water partition coefficient (Wildman–Crippen LogP) is 4.26. The number of carbonyl (C=O) groups is 1. The van der Waals surface area contributed by atoms with E-state index in [1.165, 1.54) is 24.3 Å². The Morgan fingerprint density at radius 2 is 1.65 bits per heavy atom. The van der Waals surface area contributed by atoms with Gasteiger partial charge in [-0.1, -0.05) is 44.2 Å². The van der Waals surface area contributed by atoms with Gasteiger partial charge >= 0.3 is 5.97 Å². The molecule has 0 aromatic heterocycles. The Bertz CT molecular complexity index is 703. The van der Waals surface area contributed by atoms with E-state index in [9.17, 15) is 14.9 Å². The molecule has 0 aliphatic rings. The number of halogens is 1. The number of benzene rings is 2. The van der Waals surface area contributed by atoms with Crippen LogP contribution in [-0.2, 0) is 4.74 Å². The molecule has 2 aromatic rings. The zero-order valence-corrected chi connectivity index (χ0v) is 15.6. The van der Waals surface area contributed by atoms with Crippen LogP contribution in [0.15, 0.2) is 54.6 Å². The SMILES string of the molecule is CCN(CC)CC(OC(=O)c1ccc([N+](=O)[O-])cc1)c1ccccc1.Cl. The molecular weight excluding hydrogens is 356 g/mol. The van der Waals surface area contributed by atoms with E-state index in [0.717, 1.165) is 18.7 Å². The third-order valence-corrected chi connectivity index (χ3v) is 4.05. The van der Waals surface area contributed by atoms with Gasteiger partial charge in [0.25, 0.3) is 5.69 Å². The summed E-state index contributed by atoms with van der Waals surface area (Å²) in [7, 11) is 0. The van der Waals surface area contributed by atoms with Crippen molar-refractivity contribution < 1.29 is 14.5 Å². The largest absolute Gasteiger partial charge is 0.453 e. The zero-order chi connectivity index (χ0) is 18.2. The fraction of sp³-hybridized carbons (Fsp3) is 0.316. The van der Waals surface area contributed by atoms with Crippen molar-refractivity contribution in [3.63, 3.8) is 0 Å². The Hall–Kier alpha value is -2.44. The van der Waals surface area contributed by atoms with Crippen molar-refractivity contribution in [1.82, 2.24) is 4.90 Å². The fourth-order valence-corrected chi connectivity index (χ4v) is 2.51. The van der Waals surface area contributed by atoms with Crippen molar-refractivity contribution in [2.75, 3.05) is 19.6 Å². The maximum absolute atomic E-state index is 12.5. The lowest BCUT2D eigenvalue weighted by Crippen LogP contribution is -2.30. The average Bonchev–Trinajstić information content (AvgIpc) is 2.65. The first-order valence-electron chi connectivity index (χ1n) is 8.27. The first-order valence-corrected chi connectivity index (χ1v) is 8.27. The van der Waals surface area contributed by atoms with Crippen LogP contribution < -0.4 is 0 Å². The number of esters is 1. The van der Waals surface area contributed by atoms with Gasteiger partial charge < -0.3 is 4.74 Å². The molecule has 0 aliphatic heterocycles. The highest BCUT2D eigenvalue weighted by atomic mass is 35.5. The average molecular weight is 379 g/mol. The lowest BCUT2D eigenvalue weighted by Gasteiger charge is -2.25. The minimum atomic E-state index is -0.498. The molecule has 140 valence electrons. The molecule has 6 nitrogen and oxygen atoms in total. The third-order valence-electron chi connectivity index (χ3n) is 4.05. The molecule has 1 unspecified atom stereocenters. The van der Waals surface area contributed by atoms with Gasteiger partial charge in [0.1, 0.15) is 6.10 Å². The topological polar surface area (TPSA) is 72.7 Å². The molecule has 0 spiro atoms. The molecule has 0 bridgehead atoms. The van der Waals surface area contributed by atoms with Crippen molar-refractivity contribution in [2.24, 2.45) is 0 Å². The molecule has 26 heavy (non-hydrogen) atoms. The summed E-state index contributed by atoms with van der Waals surface area (Å²) in [6, 6.07) is 15.0. The maximum atomic E-state index is 12.5. The highest BCUT2D eigenvalue weighted by molar-refractivity contribution is 5.89. The van der Waals surface area contributed by atoms with Crippen LogP contribution in [0.1, 0.15) is 35.9 Å². The van der Waals surface area contributed by atoms with Crippen LogP contribution in [0.25, 0.3) is 0 Å². The Labute approximate surface area is 159 Å². The minimum Gasteiger partial charge on any atom is -0.453 e. The van der Waals surface area contributed by atoms with E-state index in [2.05, 4.69) is 18.7 Å². The summed E-state index contributed by atoms with van der Waals surface area (Å²) in [5.41, 5.74) is 1.16. The van der Waals surface area contributed by atoms with E-state index in [4.69, 9.17) is 4.74 Å². The molecule has 2 aromatic carbocycles. The van der Waals surface area contributed by atoms with Crippen LogP contribution in [0.2, 0.25) is 0 Å². The molecule has 1 atom stereocenters. The van der Waals surface area contributed by atoms with Crippen LogP contribution in [0.5, 0.6) is 0 Å². The second kappa shape index (κ2) is 10.5. The molecule has 0 fully saturated rings. The number of likely N-dealkylation sites (N-methyl/N-ethyl adjacent to an activating group) is 1. The number of nitro benzene ring substituents is 1. The third kappa shape index (κ3) is 5.82. The first-order chi connectivity index (χ1) is 12.0. The second-order valence-electron chi connectivity index (χ2n) is 5.59. The van der Waals surface area contributed by atoms with Gasteiger partial charge in [-0.3, -0.25) is 15.0 Å². The van der Waals surface area contributed by atoms with E-state index in [0.29, 0.717) is 12.1 Å². The highest BCUT2D eigenvalue weighted by Crippen LogP contribution is 2.21. The highest BCUT2D eigenvalue weighted by Gasteiger charge is 2.20. The molecule has 2 rings (SSSR count). The van der Waals surface area contributed by atoms with Crippen molar-refractivity contribution in [1.29, 1.82) is 0 Å². The summed E-state index contributed by atoms with van der Waals surface area (Å²) in [6.07, 6.45) is -0.399. The number of rotatable bonds is 8. The summed E-state index contributed by atoms with van der Waals surface area (Å²) in [4.78, 5) is 24.9. The normalized spacial score (nSPS) is 11.5. The van der Waals surface area contributed by atoms with Gasteiger partial charge in [-0.2, -0.15) is 0 Å². The van der Waals surface area contributed by atoms with Crippen LogP contribution >= 0.6 is 12.4 Å². The van der Waals surface area contributed by atoms with Gasteiger partial charge in [0.05, 0.1) is 10.5 Å². The molecule has 0 heterocycles. The summed E-state index contributed by atoms with van der Waals surface area (Å²) in [6.45, 7) is 6.42. The van der Waals surface area contributed by atoms with Gasteiger partial charge in [0, 0.05) is 18.7 Å². The van der Waals surface area contributed by atoms with E-state index < -0.39 is 17.0 Å². The predicted molar refractivity (Wildman–Crippen MR) is 103 cm³/mol. The molecule has 0 saturated heterocycles. The van der Waals surface area contributed by atoms with E-state index >= 15 is 0 Å². The molecule has 7 heteroatoms. The molecular formula is C19H23ClN2O4. The minimum absolute atomic E-state index is 0. The van der Waals surface area contributed by atoms with Crippen LogP contribution in [-0.4, -0.2) is 35.4 Å². The Balaban J connectivity index is 0.00000338. The quantitative estimate of drug-likeness (QED) is 0.390. The van der Waals surface area contributed by atoms with E-state index in [1.54, 1.807) is 0 Å². The molecule has 0 aliphatic carbocycles. The molecule has 0 radical (unpaired) electrons. The summed E-state index contributed by atoms with van der Waals surface area (Å²) in [5, 5.41) is 10.7. The van der Waals surface area contributed by atoms with Crippen molar-refractivity contribution in [2.45, 2.75) is 20.0 Å². The zero-order valence-electron chi connectivity index (χ0n) is 14.8. The summed E-state index contributed by atoms with van der Waals surface area (Å²) < 4.78 is 5.71. The number of hydrogen-bond acceptors (Lipinski definition) is 5.